The molecule has 0 aliphatic heterocycles. The van der Waals surface area contributed by atoms with Crippen molar-refractivity contribution < 1.29 is 8.42 Å². The lowest BCUT2D eigenvalue weighted by molar-refractivity contribution is 0.597. The van der Waals surface area contributed by atoms with Crippen LogP contribution in [0.3, 0.4) is 0 Å². The Balaban J connectivity index is 2.72. The molecule has 0 saturated carbocycles. The maximum Gasteiger partial charge on any atom is 0.178 e. The SMILES string of the molecule is CCS(=O)(=O)c1ccc(/C=C/CCCN)cc1. The van der Waals surface area contributed by atoms with Gasteiger partial charge >= 0.3 is 0 Å². The van der Waals surface area contributed by atoms with E-state index in [9.17, 15) is 8.42 Å². The van der Waals surface area contributed by atoms with E-state index in [-0.39, 0.29) is 5.75 Å². The third-order valence-electron chi connectivity index (χ3n) is 2.50. The molecule has 0 radical (unpaired) electrons. The lowest BCUT2D eigenvalue weighted by Crippen LogP contribution is -2.03. The van der Waals surface area contributed by atoms with Crippen molar-refractivity contribution in [3.05, 3.63) is 35.9 Å². The first-order valence-electron chi connectivity index (χ1n) is 5.79. The lowest BCUT2D eigenvalue weighted by Gasteiger charge is -2.01. The highest BCUT2D eigenvalue weighted by molar-refractivity contribution is 7.91. The van der Waals surface area contributed by atoms with Crippen LogP contribution in [0.4, 0.5) is 0 Å². The van der Waals surface area contributed by atoms with Crippen LogP contribution in [0.1, 0.15) is 25.3 Å². The van der Waals surface area contributed by atoms with Crippen LogP contribution in [0.15, 0.2) is 35.2 Å². The van der Waals surface area contributed by atoms with Crippen molar-refractivity contribution in [3.63, 3.8) is 0 Å². The van der Waals surface area contributed by atoms with Crippen LogP contribution in [0.5, 0.6) is 0 Å². The van der Waals surface area contributed by atoms with E-state index in [1.807, 2.05) is 18.2 Å². The van der Waals surface area contributed by atoms with Gasteiger partial charge in [-0.15, -0.1) is 0 Å². The number of rotatable bonds is 6. The minimum Gasteiger partial charge on any atom is -0.330 e. The van der Waals surface area contributed by atoms with E-state index in [0.29, 0.717) is 11.4 Å². The summed E-state index contributed by atoms with van der Waals surface area (Å²) in [7, 11) is -3.08. The lowest BCUT2D eigenvalue weighted by atomic mass is 10.2. The quantitative estimate of drug-likeness (QED) is 0.791. The Morgan fingerprint density at radius 1 is 1.24 bits per heavy atom. The van der Waals surface area contributed by atoms with Crippen molar-refractivity contribution in [2.45, 2.75) is 24.7 Å². The highest BCUT2D eigenvalue weighted by atomic mass is 32.2. The fraction of sp³-hybridized carbons (Fsp3) is 0.385. The van der Waals surface area contributed by atoms with E-state index in [1.54, 1.807) is 19.1 Å². The van der Waals surface area contributed by atoms with Crippen LogP contribution < -0.4 is 5.73 Å². The zero-order chi connectivity index (χ0) is 12.7. The molecule has 94 valence electrons. The molecule has 1 rings (SSSR count). The zero-order valence-electron chi connectivity index (χ0n) is 10.1. The number of hydrogen-bond acceptors (Lipinski definition) is 3. The Kier molecular flexibility index (Phi) is 5.38. The Bertz CT molecular complexity index is 461. The average Bonchev–Trinajstić information content (AvgIpc) is 2.35. The van der Waals surface area contributed by atoms with Crippen molar-refractivity contribution >= 4 is 15.9 Å². The molecule has 0 saturated heterocycles. The first kappa shape index (κ1) is 13.9. The zero-order valence-corrected chi connectivity index (χ0v) is 10.9. The second-order valence-electron chi connectivity index (χ2n) is 3.81. The standard InChI is InChI=1S/C13H19NO2S/c1-2-17(15,16)13-9-7-12(8-10-13)6-4-3-5-11-14/h4,6-10H,2-3,5,11,14H2,1H3/b6-4+. The fourth-order valence-electron chi connectivity index (χ4n) is 1.41. The smallest absolute Gasteiger partial charge is 0.178 e. The van der Waals surface area contributed by atoms with E-state index in [0.717, 1.165) is 18.4 Å². The molecule has 2 N–H and O–H groups in total. The first-order valence-corrected chi connectivity index (χ1v) is 7.45. The summed E-state index contributed by atoms with van der Waals surface area (Å²) in [6.45, 7) is 2.34. The Labute approximate surface area is 103 Å². The van der Waals surface area contributed by atoms with Crippen LogP contribution in [0.2, 0.25) is 0 Å². The highest BCUT2D eigenvalue weighted by Crippen LogP contribution is 2.13. The summed E-state index contributed by atoms with van der Waals surface area (Å²) >= 11 is 0. The predicted molar refractivity (Wildman–Crippen MR) is 71.5 cm³/mol. The molecule has 0 spiro atoms. The van der Waals surface area contributed by atoms with Gasteiger partial charge < -0.3 is 5.73 Å². The molecule has 0 atom stereocenters. The number of allylic oxidation sites excluding steroid dienone is 1. The molecule has 0 fully saturated rings. The van der Waals surface area contributed by atoms with Gasteiger partial charge in [0.05, 0.1) is 10.6 Å². The molecule has 1 aromatic carbocycles. The number of unbranched alkanes of at least 4 members (excludes halogenated alkanes) is 1. The fourth-order valence-corrected chi connectivity index (χ4v) is 2.29. The van der Waals surface area contributed by atoms with Gasteiger partial charge in [-0.05, 0) is 37.1 Å². The summed E-state index contributed by atoms with van der Waals surface area (Å²) in [5.74, 6) is 0.138. The van der Waals surface area contributed by atoms with Crippen molar-refractivity contribution in [2.24, 2.45) is 5.73 Å². The normalized spacial score (nSPS) is 12.1. The van der Waals surface area contributed by atoms with Crippen LogP contribution in [0.25, 0.3) is 6.08 Å². The van der Waals surface area contributed by atoms with Crippen LogP contribution in [-0.4, -0.2) is 20.7 Å². The summed E-state index contributed by atoms with van der Waals surface area (Å²) in [5, 5.41) is 0. The molecule has 0 amide bonds. The Morgan fingerprint density at radius 3 is 2.41 bits per heavy atom. The summed E-state index contributed by atoms with van der Waals surface area (Å²) in [5.41, 5.74) is 6.40. The average molecular weight is 253 g/mol. The Hall–Kier alpha value is -1.13. The monoisotopic (exact) mass is 253 g/mol. The van der Waals surface area contributed by atoms with E-state index >= 15 is 0 Å². The second kappa shape index (κ2) is 6.57. The number of nitrogens with two attached hydrogens (primary N) is 1. The van der Waals surface area contributed by atoms with Gasteiger partial charge in [-0.25, -0.2) is 8.42 Å². The summed E-state index contributed by atoms with van der Waals surface area (Å²) in [4.78, 5) is 0.388. The number of benzene rings is 1. The van der Waals surface area contributed by atoms with Gasteiger partial charge in [-0.2, -0.15) is 0 Å². The molecule has 0 bridgehead atoms. The van der Waals surface area contributed by atoms with E-state index in [2.05, 4.69) is 6.08 Å². The summed E-state index contributed by atoms with van der Waals surface area (Å²) in [6, 6.07) is 6.95. The molecule has 3 nitrogen and oxygen atoms in total. The minimum absolute atomic E-state index is 0.138. The molecule has 17 heavy (non-hydrogen) atoms. The number of sulfone groups is 1. The Morgan fingerprint density at radius 2 is 1.88 bits per heavy atom. The van der Waals surface area contributed by atoms with Gasteiger partial charge in [-0.3, -0.25) is 0 Å². The van der Waals surface area contributed by atoms with Crippen molar-refractivity contribution in [3.8, 4) is 0 Å². The minimum atomic E-state index is -3.08. The van der Waals surface area contributed by atoms with Gasteiger partial charge in [0, 0.05) is 0 Å². The molecular weight excluding hydrogens is 234 g/mol. The second-order valence-corrected chi connectivity index (χ2v) is 6.08. The molecule has 0 aliphatic carbocycles. The topological polar surface area (TPSA) is 60.2 Å². The third kappa shape index (κ3) is 4.32. The molecule has 4 heteroatoms. The van der Waals surface area contributed by atoms with Crippen molar-refractivity contribution in [1.82, 2.24) is 0 Å². The highest BCUT2D eigenvalue weighted by Gasteiger charge is 2.09. The number of hydrogen-bond donors (Lipinski definition) is 1. The van der Waals surface area contributed by atoms with Crippen LogP contribution in [-0.2, 0) is 9.84 Å². The maximum atomic E-state index is 11.6. The largest absolute Gasteiger partial charge is 0.330 e. The molecular formula is C13H19NO2S. The third-order valence-corrected chi connectivity index (χ3v) is 4.25. The maximum absolute atomic E-state index is 11.6. The molecule has 1 aromatic rings. The van der Waals surface area contributed by atoms with Gasteiger partial charge in [0.1, 0.15) is 0 Å². The van der Waals surface area contributed by atoms with Gasteiger partial charge in [0.25, 0.3) is 0 Å². The van der Waals surface area contributed by atoms with E-state index in [1.165, 1.54) is 0 Å². The van der Waals surface area contributed by atoms with Crippen molar-refractivity contribution in [1.29, 1.82) is 0 Å². The van der Waals surface area contributed by atoms with Crippen molar-refractivity contribution in [2.75, 3.05) is 12.3 Å². The van der Waals surface area contributed by atoms with Gasteiger partial charge in [-0.1, -0.05) is 31.2 Å². The molecule has 0 unspecified atom stereocenters. The molecule has 0 heterocycles. The van der Waals surface area contributed by atoms with Crippen LogP contribution >= 0.6 is 0 Å². The predicted octanol–water partition coefficient (Wildman–Crippen LogP) is 2.23. The van der Waals surface area contributed by atoms with Crippen LogP contribution in [0, 0.1) is 0 Å². The molecule has 0 aliphatic rings. The van der Waals surface area contributed by atoms with Gasteiger partial charge in [0.2, 0.25) is 0 Å². The molecule has 0 aromatic heterocycles. The van der Waals surface area contributed by atoms with E-state index in [4.69, 9.17) is 5.73 Å². The summed E-state index contributed by atoms with van der Waals surface area (Å²) < 4.78 is 23.2. The first-order chi connectivity index (χ1) is 8.10. The van der Waals surface area contributed by atoms with E-state index < -0.39 is 9.84 Å². The van der Waals surface area contributed by atoms with Gasteiger partial charge in [0.15, 0.2) is 9.84 Å². The summed E-state index contributed by atoms with van der Waals surface area (Å²) in [6.07, 6.45) is 5.96.